The van der Waals surface area contributed by atoms with Crippen LogP contribution in [0.5, 0.6) is 0 Å². The number of nitrogens with zero attached hydrogens (tertiary/aromatic N) is 2. The van der Waals surface area contributed by atoms with Crippen LogP contribution in [0.3, 0.4) is 0 Å². The van der Waals surface area contributed by atoms with Crippen molar-refractivity contribution in [2.45, 2.75) is 0 Å². The van der Waals surface area contributed by atoms with Crippen LogP contribution in [0.25, 0.3) is 0 Å². The van der Waals surface area contributed by atoms with Gasteiger partial charge in [-0.3, -0.25) is 9.59 Å². The minimum absolute atomic E-state index is 0.226. The summed E-state index contributed by atoms with van der Waals surface area (Å²) in [6.45, 7) is 0. The van der Waals surface area contributed by atoms with Gasteiger partial charge < -0.3 is 0 Å². The molecule has 0 aliphatic carbocycles. The highest BCUT2D eigenvalue weighted by Gasteiger charge is 2.10. The maximum atomic E-state index is 10.6. The average molecular weight is 156 g/mol. The first-order valence-corrected chi connectivity index (χ1v) is 3.33. The van der Waals surface area contributed by atoms with Crippen LogP contribution in [0.2, 0.25) is 0 Å². The van der Waals surface area contributed by atoms with E-state index in [2.05, 4.69) is 5.10 Å². The Bertz CT molecular complexity index is 212. The largest absolute Gasteiger partial charge is 0.317 e. The fourth-order valence-corrected chi connectivity index (χ4v) is 0.920. The van der Waals surface area contributed by atoms with Gasteiger partial charge in [0.25, 0.3) is 0 Å². The fourth-order valence-electron chi connectivity index (χ4n) is 0.408. The molecule has 0 spiro atoms. The topological polar surface area (TPSA) is 49.7 Å². The summed E-state index contributed by atoms with van der Waals surface area (Å²) in [7, 11) is 0. The molecule has 10 heavy (non-hydrogen) atoms. The number of carbonyl (C=O) groups excluding carboxylic acids is 2. The van der Waals surface area contributed by atoms with Gasteiger partial charge in [-0.1, -0.05) is 0 Å². The van der Waals surface area contributed by atoms with E-state index in [0.29, 0.717) is 0 Å². The molecule has 1 heterocycles. The normalized spacial score (nSPS) is 15.4. The molecule has 5 heteroatoms. The van der Waals surface area contributed by atoms with Crippen LogP contribution in [0.1, 0.15) is 0 Å². The molecule has 52 valence electrons. The van der Waals surface area contributed by atoms with Gasteiger partial charge in [-0.05, 0) is 11.5 Å². The molecule has 0 aromatic rings. The Morgan fingerprint density at radius 1 is 1.70 bits per heavy atom. The molecule has 0 bridgehead atoms. The van der Waals surface area contributed by atoms with Crippen LogP contribution in [0.15, 0.2) is 16.6 Å². The highest BCUT2D eigenvalue weighted by Crippen LogP contribution is 2.13. The second-order valence-electron chi connectivity index (χ2n) is 1.43. The minimum atomic E-state index is -0.648. The van der Waals surface area contributed by atoms with Gasteiger partial charge in [0.15, 0.2) is 0 Å². The van der Waals surface area contributed by atoms with Gasteiger partial charge in [0.1, 0.15) is 0 Å². The third-order valence-corrected chi connectivity index (χ3v) is 1.54. The molecule has 0 atom stereocenters. The lowest BCUT2D eigenvalue weighted by Crippen LogP contribution is -2.19. The summed E-state index contributed by atoms with van der Waals surface area (Å²) in [5.41, 5.74) is 0. The second kappa shape index (κ2) is 3.17. The van der Waals surface area contributed by atoms with Crippen molar-refractivity contribution in [1.82, 2.24) is 4.41 Å². The summed E-state index contributed by atoms with van der Waals surface area (Å²) in [5, 5.41) is 5.26. The van der Waals surface area contributed by atoms with Gasteiger partial charge in [0, 0.05) is 18.2 Å². The Morgan fingerprint density at radius 2 is 2.50 bits per heavy atom. The van der Waals surface area contributed by atoms with Gasteiger partial charge in [-0.2, -0.15) is 9.52 Å². The zero-order valence-corrected chi connectivity index (χ0v) is 5.75. The number of allylic oxidation sites excluding steroid dienone is 1. The van der Waals surface area contributed by atoms with E-state index in [1.165, 1.54) is 6.21 Å². The van der Waals surface area contributed by atoms with Gasteiger partial charge in [0.2, 0.25) is 6.29 Å². The summed E-state index contributed by atoms with van der Waals surface area (Å²) in [6.07, 6.45) is 3.35. The van der Waals surface area contributed by atoms with Crippen LogP contribution in [0, 0.1) is 0 Å². The molecule has 0 aromatic carbocycles. The molecule has 0 aromatic heterocycles. The standard InChI is InChI=1S/C5H4N2O2S/c8-4-5(9)7-6-2-1-3-10-7/h1-4H. The molecule has 1 amide bonds. The third kappa shape index (κ3) is 1.44. The molecular formula is C5H4N2O2S. The first-order chi connectivity index (χ1) is 4.84. The van der Waals surface area contributed by atoms with Crippen molar-refractivity contribution in [3.8, 4) is 0 Å². The number of rotatable bonds is 1. The van der Waals surface area contributed by atoms with Crippen LogP contribution in [-0.2, 0) is 9.59 Å². The molecule has 1 aliphatic heterocycles. The monoisotopic (exact) mass is 156 g/mol. The number of hydrogen-bond acceptors (Lipinski definition) is 4. The highest BCUT2D eigenvalue weighted by atomic mass is 32.2. The van der Waals surface area contributed by atoms with Gasteiger partial charge in [-0.25, -0.2) is 0 Å². The van der Waals surface area contributed by atoms with E-state index in [4.69, 9.17) is 0 Å². The number of aldehydes is 1. The number of amides is 1. The van der Waals surface area contributed by atoms with E-state index in [9.17, 15) is 9.59 Å². The summed E-state index contributed by atoms with van der Waals surface area (Å²) in [5.74, 6) is -0.648. The maximum Gasteiger partial charge on any atom is 0.317 e. The lowest BCUT2D eigenvalue weighted by Gasteiger charge is -2.10. The summed E-state index contributed by atoms with van der Waals surface area (Å²) >= 11 is 1.07. The Labute approximate surface area is 61.7 Å². The lowest BCUT2D eigenvalue weighted by atomic mass is 10.7. The lowest BCUT2D eigenvalue weighted by molar-refractivity contribution is -0.134. The van der Waals surface area contributed by atoms with E-state index in [0.717, 1.165) is 16.4 Å². The Balaban J connectivity index is 2.59. The molecule has 1 aliphatic rings. The Morgan fingerprint density at radius 3 is 3.00 bits per heavy atom. The summed E-state index contributed by atoms with van der Waals surface area (Å²) in [4.78, 5) is 20.5. The van der Waals surface area contributed by atoms with E-state index >= 15 is 0 Å². The summed E-state index contributed by atoms with van der Waals surface area (Å²) in [6, 6.07) is 0. The zero-order chi connectivity index (χ0) is 7.40. The predicted octanol–water partition coefficient (Wildman–Crippen LogP) is 0.175. The first-order valence-electron chi connectivity index (χ1n) is 2.50. The molecular weight excluding hydrogens is 152 g/mol. The quantitative estimate of drug-likeness (QED) is 0.309. The summed E-state index contributed by atoms with van der Waals surface area (Å²) < 4.78 is 1.01. The van der Waals surface area contributed by atoms with Crippen molar-refractivity contribution in [2.24, 2.45) is 5.10 Å². The van der Waals surface area contributed by atoms with E-state index in [1.807, 2.05) is 0 Å². The van der Waals surface area contributed by atoms with Gasteiger partial charge in [0.05, 0.1) is 0 Å². The van der Waals surface area contributed by atoms with Crippen molar-refractivity contribution < 1.29 is 9.59 Å². The number of hydrazone groups is 1. The molecule has 1 rings (SSSR count). The van der Waals surface area contributed by atoms with Crippen molar-refractivity contribution in [1.29, 1.82) is 0 Å². The highest BCUT2D eigenvalue weighted by molar-refractivity contribution is 8.00. The predicted molar refractivity (Wildman–Crippen MR) is 38.1 cm³/mol. The van der Waals surface area contributed by atoms with Crippen molar-refractivity contribution >= 4 is 30.4 Å². The molecule has 0 saturated carbocycles. The van der Waals surface area contributed by atoms with Gasteiger partial charge >= 0.3 is 5.91 Å². The van der Waals surface area contributed by atoms with Crippen molar-refractivity contribution in [2.75, 3.05) is 0 Å². The molecule has 4 nitrogen and oxygen atoms in total. The molecule has 0 N–H and O–H groups in total. The van der Waals surface area contributed by atoms with Crippen LogP contribution in [-0.4, -0.2) is 22.8 Å². The maximum absolute atomic E-state index is 10.6. The van der Waals surface area contributed by atoms with Crippen LogP contribution in [0.4, 0.5) is 0 Å². The zero-order valence-electron chi connectivity index (χ0n) is 4.93. The molecule has 0 radical (unpaired) electrons. The molecule has 0 saturated heterocycles. The van der Waals surface area contributed by atoms with Gasteiger partial charge in [-0.15, -0.1) is 0 Å². The molecule has 0 fully saturated rings. The van der Waals surface area contributed by atoms with E-state index in [-0.39, 0.29) is 6.29 Å². The van der Waals surface area contributed by atoms with E-state index < -0.39 is 5.91 Å². The number of carbonyl (C=O) groups is 2. The van der Waals surface area contributed by atoms with Crippen LogP contribution >= 0.6 is 11.9 Å². The second-order valence-corrected chi connectivity index (χ2v) is 2.26. The van der Waals surface area contributed by atoms with Crippen molar-refractivity contribution in [3.05, 3.63) is 11.5 Å². The first kappa shape index (κ1) is 7.01. The third-order valence-electron chi connectivity index (χ3n) is 0.786. The van der Waals surface area contributed by atoms with Crippen molar-refractivity contribution in [3.63, 3.8) is 0 Å². The smallest absolute Gasteiger partial charge is 0.292 e. The fraction of sp³-hybridized carbons (Fsp3) is 0. The Kier molecular flexibility index (Phi) is 2.22. The Hall–Kier alpha value is -1.10. The SMILES string of the molecule is O=CC(=O)N1N=CC=CS1. The minimum Gasteiger partial charge on any atom is -0.292 e. The average Bonchev–Trinajstić information content (AvgIpc) is 2.05. The molecule has 0 unspecified atom stereocenters. The van der Waals surface area contributed by atoms with E-state index in [1.54, 1.807) is 11.5 Å². The van der Waals surface area contributed by atoms with Crippen LogP contribution < -0.4 is 0 Å². The number of hydrogen-bond donors (Lipinski definition) is 0.